The van der Waals surface area contributed by atoms with Crippen molar-refractivity contribution >= 4 is 19.0 Å². The van der Waals surface area contributed by atoms with Gasteiger partial charge in [0.1, 0.15) is 5.75 Å². The van der Waals surface area contributed by atoms with Gasteiger partial charge in [0.25, 0.3) is 0 Å². The van der Waals surface area contributed by atoms with Crippen molar-refractivity contribution in [2.75, 3.05) is 40.8 Å². The molecule has 1 saturated heterocycles. The van der Waals surface area contributed by atoms with E-state index in [-0.39, 0.29) is 18.3 Å². The number of guanidine groups is 1. The second kappa shape index (κ2) is 12.7. The number of aryl methyl sites for hydroxylation is 1. The van der Waals surface area contributed by atoms with Gasteiger partial charge in [0.2, 0.25) is 0 Å². The maximum atomic E-state index is 12.6. The number of methoxy groups -OCH3 is 1. The number of hydroxylamine groups is 2. The number of aliphatic imine (C=N–C) groups is 1. The molecule has 1 amide bonds. The van der Waals surface area contributed by atoms with Crippen LogP contribution < -0.4 is 15.8 Å². The number of piperidine rings is 1. The molecular formula is C23H38BN5O4. The van der Waals surface area contributed by atoms with Crippen LogP contribution in [0.1, 0.15) is 41.5 Å². The number of hydrogen-bond acceptors (Lipinski definition) is 6. The number of hydrogen-bond donors (Lipinski definition) is 2. The third kappa shape index (κ3) is 7.01. The zero-order valence-electron chi connectivity index (χ0n) is 20.8. The number of nitrogens with one attached hydrogen (secondary N) is 1. The van der Waals surface area contributed by atoms with Gasteiger partial charge in [0.05, 0.1) is 7.11 Å². The second-order valence-corrected chi connectivity index (χ2v) is 8.63. The van der Waals surface area contributed by atoms with Crippen LogP contribution in [-0.4, -0.2) is 75.8 Å². The molecule has 33 heavy (non-hydrogen) atoms. The molecule has 10 heteroatoms. The Bertz CT molecular complexity index is 864. The summed E-state index contributed by atoms with van der Waals surface area (Å²) in [5.74, 6) is 1.46. The molecule has 1 heterocycles. The monoisotopic (exact) mass is 459 g/mol. The van der Waals surface area contributed by atoms with Crippen molar-refractivity contribution in [3.8, 4) is 5.75 Å². The number of carbonyl (C=O) groups excluding carboxylic acids is 1. The molecule has 1 aliphatic heterocycles. The average Bonchev–Trinajstić information content (AvgIpc) is 2.82. The summed E-state index contributed by atoms with van der Waals surface area (Å²) in [6.45, 7) is 8.27. The molecule has 182 valence electrons. The fraction of sp³-hybridized carbons (Fsp3) is 0.652. The number of benzene rings is 1. The molecule has 9 nitrogen and oxygen atoms in total. The molecule has 1 fully saturated rings. The van der Waals surface area contributed by atoms with Crippen LogP contribution in [0.15, 0.2) is 11.1 Å². The van der Waals surface area contributed by atoms with Gasteiger partial charge < -0.3 is 4.74 Å². The molecule has 1 aromatic rings. The first-order valence-corrected chi connectivity index (χ1v) is 11.4. The van der Waals surface area contributed by atoms with E-state index in [9.17, 15) is 9.50 Å². The Balaban J connectivity index is 2.08. The Kier molecular flexibility index (Phi) is 10.3. The van der Waals surface area contributed by atoms with E-state index >= 15 is 0 Å². The van der Waals surface area contributed by atoms with Crippen molar-refractivity contribution in [1.29, 1.82) is 0 Å². The Morgan fingerprint density at radius 1 is 1.36 bits per heavy atom. The molecule has 0 aliphatic carbocycles. The van der Waals surface area contributed by atoms with Gasteiger partial charge >= 0.3 is 148 Å². The molecule has 1 aliphatic rings. The van der Waals surface area contributed by atoms with Gasteiger partial charge in [0.15, 0.2) is 0 Å². The van der Waals surface area contributed by atoms with Gasteiger partial charge in [-0.05, 0) is 32.4 Å². The molecular weight excluding hydrogens is 421 g/mol. The molecule has 0 radical (unpaired) electrons. The SMILES string of the molecule is COc1cc(C)c(CN=C(N)N2CCC[C@H](CC(NCB=O)C(=O)N(C)OC)C2)c(C)c1C. The fourth-order valence-corrected chi connectivity index (χ4v) is 4.38. The van der Waals surface area contributed by atoms with Crippen LogP contribution in [0.2, 0.25) is 0 Å². The van der Waals surface area contributed by atoms with Crippen LogP contribution in [0.4, 0.5) is 0 Å². The summed E-state index contributed by atoms with van der Waals surface area (Å²) in [7, 11) is 5.46. The molecule has 3 N–H and O–H groups in total. The Morgan fingerprint density at radius 2 is 2.09 bits per heavy atom. The topological polar surface area (TPSA) is 109 Å². The number of likely N-dealkylation sites (N-methyl/N-ethyl adjacent to an activating group) is 1. The van der Waals surface area contributed by atoms with Crippen molar-refractivity contribution in [3.05, 3.63) is 28.3 Å². The van der Waals surface area contributed by atoms with Crippen LogP contribution in [0, 0.1) is 26.7 Å². The normalized spacial score (nSPS) is 17.5. The number of carbonyl (C=O) groups is 1. The Hall–Kier alpha value is -2.46. The minimum atomic E-state index is -0.490. The molecule has 2 atom stereocenters. The van der Waals surface area contributed by atoms with E-state index in [1.54, 1.807) is 14.2 Å². The molecule has 0 aromatic heterocycles. The first-order chi connectivity index (χ1) is 15.7. The Morgan fingerprint density at radius 3 is 2.73 bits per heavy atom. The molecule has 1 aromatic carbocycles. The summed E-state index contributed by atoms with van der Waals surface area (Å²) < 4.78 is 16.3. The van der Waals surface area contributed by atoms with Crippen molar-refractivity contribution < 1.29 is 19.1 Å². The smallest absolute Gasteiger partial charge is 0.0390 e. The number of likely N-dealkylation sites (tertiary alicyclic amines) is 1. The standard InChI is InChI=1S/C23H38BN5O4/c1-15-10-21(32-5)17(3)16(2)19(15)12-26-23(25)29-9-7-8-18(13-29)11-20(27-14-24-31)22(30)28(4)33-6/h10,18,20,27H,7-9,11-14H2,1-6H3,(H2,25,26)/t18-,20?/m1/s1. The maximum absolute atomic E-state index is 12.6. The van der Waals surface area contributed by atoms with E-state index in [1.165, 1.54) is 17.7 Å². The quantitative estimate of drug-likeness (QED) is 0.236. The van der Waals surface area contributed by atoms with Crippen molar-refractivity contribution in [3.63, 3.8) is 0 Å². The van der Waals surface area contributed by atoms with Crippen molar-refractivity contribution in [1.82, 2.24) is 15.3 Å². The van der Waals surface area contributed by atoms with E-state index in [2.05, 4.69) is 31.0 Å². The number of ether oxygens (including phenoxy) is 1. The van der Waals surface area contributed by atoms with Gasteiger partial charge in [-0.25, -0.2) is 0 Å². The molecule has 2 rings (SSSR count). The van der Waals surface area contributed by atoms with Gasteiger partial charge in [-0.15, -0.1) is 0 Å². The summed E-state index contributed by atoms with van der Waals surface area (Å²) in [5, 5.41) is 4.21. The number of nitrogens with zero attached hydrogens (tertiary/aromatic N) is 3. The average molecular weight is 459 g/mol. The number of nitrogens with two attached hydrogens (primary N) is 1. The van der Waals surface area contributed by atoms with Crippen molar-refractivity contribution in [2.24, 2.45) is 16.6 Å². The zero-order valence-corrected chi connectivity index (χ0v) is 20.8. The van der Waals surface area contributed by atoms with E-state index in [0.717, 1.165) is 55.5 Å². The van der Waals surface area contributed by atoms with Crippen molar-refractivity contribution in [2.45, 2.75) is 52.6 Å². The molecule has 1 unspecified atom stereocenters. The third-order valence-electron chi connectivity index (χ3n) is 6.57. The first-order valence-electron chi connectivity index (χ1n) is 11.4. The number of amides is 1. The summed E-state index contributed by atoms with van der Waals surface area (Å²) in [4.78, 5) is 24.4. The predicted octanol–water partition coefficient (Wildman–Crippen LogP) is 1.52. The van der Waals surface area contributed by atoms with Crippen LogP contribution >= 0.6 is 0 Å². The number of rotatable bonds is 10. The summed E-state index contributed by atoms with van der Waals surface area (Å²) in [6, 6.07) is 1.55. The van der Waals surface area contributed by atoms with Gasteiger partial charge in [0, 0.05) is 0 Å². The molecule has 0 spiro atoms. The van der Waals surface area contributed by atoms with Gasteiger partial charge in [-0.1, -0.05) is 0 Å². The van der Waals surface area contributed by atoms with E-state index < -0.39 is 6.04 Å². The van der Waals surface area contributed by atoms with Crippen LogP contribution in [0.3, 0.4) is 0 Å². The molecule has 0 bridgehead atoms. The third-order valence-corrected chi connectivity index (χ3v) is 6.57. The van der Waals surface area contributed by atoms with Crippen LogP contribution in [-0.2, 0) is 20.9 Å². The second-order valence-electron chi connectivity index (χ2n) is 8.63. The van der Waals surface area contributed by atoms with Crippen LogP contribution in [0.25, 0.3) is 0 Å². The van der Waals surface area contributed by atoms with E-state index in [1.807, 2.05) is 6.07 Å². The fourth-order valence-electron chi connectivity index (χ4n) is 4.38. The van der Waals surface area contributed by atoms with E-state index in [4.69, 9.17) is 20.3 Å². The van der Waals surface area contributed by atoms with Gasteiger partial charge in [-0.3, -0.25) is 0 Å². The van der Waals surface area contributed by atoms with E-state index in [0.29, 0.717) is 18.9 Å². The van der Waals surface area contributed by atoms with Crippen LogP contribution in [0.5, 0.6) is 5.75 Å². The first kappa shape index (κ1) is 26.8. The summed E-state index contributed by atoms with van der Waals surface area (Å²) in [6.07, 6.45) is 2.67. The summed E-state index contributed by atoms with van der Waals surface area (Å²) >= 11 is 0. The molecule has 0 saturated carbocycles. The minimum Gasteiger partial charge on any atom is -0.0390 e. The Labute approximate surface area is 197 Å². The minimum absolute atomic E-state index is 0.119. The predicted molar refractivity (Wildman–Crippen MR) is 129 cm³/mol. The van der Waals surface area contributed by atoms with Gasteiger partial charge in [-0.2, -0.15) is 0 Å². The summed E-state index contributed by atoms with van der Waals surface area (Å²) in [5.41, 5.74) is 11.0. The zero-order chi connectivity index (χ0) is 24.5.